The SMILES string of the molecule is O=COn1ccc2cnc3ccccc3c21. The van der Waals surface area contributed by atoms with Crippen LogP contribution < -0.4 is 4.84 Å². The molecular weight excluding hydrogens is 204 g/mol. The molecule has 4 heteroatoms. The number of carbonyl (C=O) groups excluding carboxylic acids is 1. The van der Waals surface area contributed by atoms with Gasteiger partial charge >= 0.3 is 6.47 Å². The van der Waals surface area contributed by atoms with Gasteiger partial charge in [0.15, 0.2) is 0 Å². The number of carbonyl (C=O) groups is 1. The van der Waals surface area contributed by atoms with E-state index in [4.69, 9.17) is 4.84 Å². The number of fused-ring (bicyclic) bond motifs is 3. The number of hydrogen-bond donors (Lipinski definition) is 0. The summed E-state index contributed by atoms with van der Waals surface area (Å²) in [6.45, 7) is 0.411. The average Bonchev–Trinajstić information content (AvgIpc) is 2.73. The third-order valence-corrected chi connectivity index (χ3v) is 2.54. The lowest BCUT2D eigenvalue weighted by Crippen LogP contribution is -2.07. The summed E-state index contributed by atoms with van der Waals surface area (Å²) in [4.78, 5) is 19.6. The van der Waals surface area contributed by atoms with Gasteiger partial charge in [-0.3, -0.25) is 9.78 Å². The molecule has 0 fully saturated rings. The van der Waals surface area contributed by atoms with Crippen molar-refractivity contribution in [1.29, 1.82) is 0 Å². The Morgan fingerprint density at radius 3 is 3.00 bits per heavy atom. The van der Waals surface area contributed by atoms with Crippen LogP contribution in [-0.2, 0) is 4.79 Å². The molecule has 16 heavy (non-hydrogen) atoms. The molecule has 0 saturated carbocycles. The molecule has 0 atom stereocenters. The highest BCUT2D eigenvalue weighted by Crippen LogP contribution is 2.23. The first kappa shape index (κ1) is 8.91. The number of pyridine rings is 1. The first-order valence-electron chi connectivity index (χ1n) is 4.86. The lowest BCUT2D eigenvalue weighted by molar-refractivity contribution is -0.128. The Hall–Kier alpha value is -2.36. The van der Waals surface area contributed by atoms with E-state index in [1.165, 1.54) is 4.73 Å². The van der Waals surface area contributed by atoms with Crippen LogP contribution in [0.15, 0.2) is 42.7 Å². The van der Waals surface area contributed by atoms with Crippen LogP contribution in [0.1, 0.15) is 0 Å². The van der Waals surface area contributed by atoms with E-state index in [0.29, 0.717) is 6.47 Å². The van der Waals surface area contributed by atoms with Gasteiger partial charge in [-0.25, -0.2) is 0 Å². The monoisotopic (exact) mass is 212 g/mol. The van der Waals surface area contributed by atoms with Crippen molar-refractivity contribution in [2.24, 2.45) is 0 Å². The number of nitrogens with zero attached hydrogens (tertiary/aromatic N) is 2. The third kappa shape index (κ3) is 1.16. The molecule has 0 N–H and O–H groups in total. The van der Waals surface area contributed by atoms with Crippen molar-refractivity contribution in [2.45, 2.75) is 0 Å². The van der Waals surface area contributed by atoms with E-state index in [2.05, 4.69) is 4.98 Å². The highest BCUT2D eigenvalue weighted by molar-refractivity contribution is 6.03. The Kier molecular flexibility index (Phi) is 1.86. The van der Waals surface area contributed by atoms with Gasteiger partial charge in [0.2, 0.25) is 0 Å². The van der Waals surface area contributed by atoms with Gasteiger partial charge in [0.25, 0.3) is 0 Å². The Balaban J connectivity index is 2.46. The molecule has 0 aliphatic heterocycles. The number of aromatic nitrogens is 2. The highest BCUT2D eigenvalue weighted by Gasteiger charge is 2.06. The summed E-state index contributed by atoms with van der Waals surface area (Å²) >= 11 is 0. The Bertz CT molecular complexity index is 673. The topological polar surface area (TPSA) is 44.1 Å². The van der Waals surface area contributed by atoms with Gasteiger partial charge in [0, 0.05) is 23.2 Å². The van der Waals surface area contributed by atoms with Crippen LogP contribution in [0, 0.1) is 0 Å². The molecule has 0 spiro atoms. The standard InChI is InChI=1S/C12H8N2O2/c15-8-16-14-6-5-9-7-13-11-4-2-1-3-10(11)12(9)14/h1-8H. The quantitative estimate of drug-likeness (QED) is 0.608. The lowest BCUT2D eigenvalue weighted by atomic mass is 10.2. The predicted molar refractivity (Wildman–Crippen MR) is 59.9 cm³/mol. The van der Waals surface area contributed by atoms with Crippen molar-refractivity contribution in [3.63, 3.8) is 0 Å². The molecule has 2 aromatic heterocycles. The fraction of sp³-hybridized carbons (Fsp3) is 0. The van der Waals surface area contributed by atoms with E-state index >= 15 is 0 Å². The zero-order valence-electron chi connectivity index (χ0n) is 8.33. The first-order chi connectivity index (χ1) is 7.90. The molecule has 0 saturated heterocycles. The Labute approximate surface area is 91.0 Å². The molecule has 1 aromatic carbocycles. The third-order valence-electron chi connectivity index (χ3n) is 2.54. The smallest absolute Gasteiger partial charge is 0.321 e. The van der Waals surface area contributed by atoms with Gasteiger partial charge in [0.05, 0.1) is 11.0 Å². The second-order valence-corrected chi connectivity index (χ2v) is 3.42. The Morgan fingerprint density at radius 2 is 2.12 bits per heavy atom. The van der Waals surface area contributed by atoms with Crippen LogP contribution in [0.3, 0.4) is 0 Å². The van der Waals surface area contributed by atoms with Gasteiger partial charge < -0.3 is 4.84 Å². The molecule has 3 aromatic rings. The molecule has 0 unspecified atom stereocenters. The van der Waals surface area contributed by atoms with Crippen LogP contribution in [0.4, 0.5) is 0 Å². The number of rotatable bonds is 2. The zero-order chi connectivity index (χ0) is 11.0. The summed E-state index contributed by atoms with van der Waals surface area (Å²) < 4.78 is 1.45. The normalized spacial score (nSPS) is 10.8. The van der Waals surface area contributed by atoms with E-state index in [0.717, 1.165) is 21.8 Å². The Morgan fingerprint density at radius 1 is 1.25 bits per heavy atom. The van der Waals surface area contributed by atoms with Crippen LogP contribution >= 0.6 is 0 Å². The van der Waals surface area contributed by atoms with E-state index in [1.807, 2.05) is 30.3 Å². The van der Waals surface area contributed by atoms with Crippen molar-refractivity contribution in [2.75, 3.05) is 0 Å². The van der Waals surface area contributed by atoms with Crippen molar-refractivity contribution >= 4 is 28.3 Å². The molecule has 0 aliphatic rings. The van der Waals surface area contributed by atoms with E-state index in [1.54, 1.807) is 12.4 Å². The van der Waals surface area contributed by atoms with Crippen LogP contribution in [0.5, 0.6) is 0 Å². The van der Waals surface area contributed by atoms with Crippen LogP contribution in [0.2, 0.25) is 0 Å². The molecule has 0 bridgehead atoms. The summed E-state index contributed by atoms with van der Waals surface area (Å²) in [7, 11) is 0. The summed E-state index contributed by atoms with van der Waals surface area (Å²) in [5.41, 5.74) is 1.74. The number of para-hydroxylation sites is 1. The summed E-state index contributed by atoms with van der Waals surface area (Å²) in [5, 5.41) is 1.91. The van der Waals surface area contributed by atoms with E-state index in [9.17, 15) is 4.79 Å². The van der Waals surface area contributed by atoms with Gasteiger partial charge in [-0.1, -0.05) is 18.2 Å². The van der Waals surface area contributed by atoms with Crippen molar-refractivity contribution in [1.82, 2.24) is 9.71 Å². The molecule has 0 aliphatic carbocycles. The van der Waals surface area contributed by atoms with Crippen LogP contribution in [-0.4, -0.2) is 16.2 Å². The highest BCUT2D eigenvalue weighted by atomic mass is 16.7. The van der Waals surface area contributed by atoms with E-state index < -0.39 is 0 Å². The molecule has 2 heterocycles. The molecule has 4 nitrogen and oxygen atoms in total. The van der Waals surface area contributed by atoms with E-state index in [-0.39, 0.29) is 0 Å². The van der Waals surface area contributed by atoms with Gasteiger partial charge in [0.1, 0.15) is 0 Å². The fourth-order valence-corrected chi connectivity index (χ4v) is 1.87. The van der Waals surface area contributed by atoms with Crippen molar-refractivity contribution < 1.29 is 9.63 Å². The molecule has 0 amide bonds. The first-order valence-corrected chi connectivity index (χ1v) is 4.86. The summed E-state index contributed by atoms with van der Waals surface area (Å²) in [6.07, 6.45) is 3.47. The predicted octanol–water partition coefficient (Wildman–Crippen LogP) is 1.77. The average molecular weight is 212 g/mol. The second-order valence-electron chi connectivity index (χ2n) is 3.42. The van der Waals surface area contributed by atoms with Crippen LogP contribution in [0.25, 0.3) is 21.8 Å². The van der Waals surface area contributed by atoms with Gasteiger partial charge in [-0.05, 0) is 12.1 Å². The summed E-state index contributed by atoms with van der Waals surface area (Å²) in [5.74, 6) is 0. The van der Waals surface area contributed by atoms with Crippen molar-refractivity contribution in [3.8, 4) is 0 Å². The lowest BCUT2D eigenvalue weighted by Gasteiger charge is -2.03. The van der Waals surface area contributed by atoms with Gasteiger partial charge in [-0.2, -0.15) is 4.73 Å². The maximum absolute atomic E-state index is 10.4. The zero-order valence-corrected chi connectivity index (χ0v) is 8.33. The minimum atomic E-state index is 0.411. The summed E-state index contributed by atoms with van der Waals surface area (Å²) in [6, 6.07) is 9.59. The molecular formula is C12H8N2O2. The van der Waals surface area contributed by atoms with Gasteiger partial charge in [-0.15, -0.1) is 0 Å². The maximum Gasteiger partial charge on any atom is 0.321 e. The largest absolute Gasteiger partial charge is 0.340 e. The number of benzene rings is 1. The second kappa shape index (κ2) is 3.34. The number of hydrogen-bond acceptors (Lipinski definition) is 3. The fourth-order valence-electron chi connectivity index (χ4n) is 1.87. The molecule has 0 radical (unpaired) electrons. The minimum absolute atomic E-state index is 0.411. The maximum atomic E-state index is 10.4. The van der Waals surface area contributed by atoms with Crippen molar-refractivity contribution in [3.05, 3.63) is 42.7 Å². The minimum Gasteiger partial charge on any atom is -0.340 e. The molecule has 78 valence electrons. The molecule has 3 rings (SSSR count).